The van der Waals surface area contributed by atoms with Gasteiger partial charge in [-0.05, 0) is 92.2 Å². The first-order valence-electron chi connectivity index (χ1n) is 13.4. The summed E-state index contributed by atoms with van der Waals surface area (Å²) in [5.41, 5.74) is -4.04. The molecule has 0 aliphatic heterocycles. The monoisotopic (exact) mass is 569 g/mol. The SMILES string of the molecule is CN(C)S(=O)(=O)c1ccc([C@H]2C[C@@]3(C)C(CC[C@@]3(O)C(C)(F)C(F)(F)F)C3CCC4=CC(=O)CCC4=C32)cc1. The van der Waals surface area contributed by atoms with E-state index in [1.54, 1.807) is 25.1 Å². The minimum absolute atomic E-state index is 0.0526. The summed E-state index contributed by atoms with van der Waals surface area (Å²) < 4.78 is 84.3. The van der Waals surface area contributed by atoms with E-state index < -0.39 is 38.8 Å². The highest BCUT2D eigenvalue weighted by molar-refractivity contribution is 7.89. The van der Waals surface area contributed by atoms with Gasteiger partial charge in [0.25, 0.3) is 0 Å². The molecule has 5 rings (SSSR count). The zero-order valence-electron chi connectivity index (χ0n) is 22.6. The molecule has 1 aromatic rings. The Bertz CT molecular complexity index is 1360. The molecular formula is C29H35F4NO4S. The zero-order valence-corrected chi connectivity index (χ0v) is 23.4. The third-order valence-corrected chi connectivity index (χ3v) is 12.1. The molecule has 0 radical (unpaired) electrons. The number of hydrogen-bond acceptors (Lipinski definition) is 4. The quantitative estimate of drug-likeness (QED) is 0.461. The van der Waals surface area contributed by atoms with Gasteiger partial charge in [-0.1, -0.05) is 24.6 Å². The van der Waals surface area contributed by atoms with Crippen LogP contribution in [-0.4, -0.2) is 55.2 Å². The van der Waals surface area contributed by atoms with Gasteiger partial charge in [-0.25, -0.2) is 17.1 Å². The van der Waals surface area contributed by atoms with E-state index in [1.165, 1.54) is 26.2 Å². The maximum absolute atomic E-state index is 15.7. The van der Waals surface area contributed by atoms with E-state index in [2.05, 4.69) is 0 Å². The van der Waals surface area contributed by atoms with E-state index in [0.717, 1.165) is 21.0 Å². The first-order valence-corrected chi connectivity index (χ1v) is 14.9. The van der Waals surface area contributed by atoms with Gasteiger partial charge in [0.1, 0.15) is 5.60 Å². The second-order valence-electron chi connectivity index (χ2n) is 12.3. The summed E-state index contributed by atoms with van der Waals surface area (Å²) in [5.74, 6) is -0.923. The molecule has 0 saturated heterocycles. The van der Waals surface area contributed by atoms with E-state index in [4.69, 9.17) is 0 Å². The molecule has 5 nitrogen and oxygen atoms in total. The molecule has 0 spiro atoms. The van der Waals surface area contributed by atoms with E-state index in [1.807, 2.05) is 0 Å². The van der Waals surface area contributed by atoms with Crippen LogP contribution in [0, 0.1) is 17.3 Å². The number of benzene rings is 1. The van der Waals surface area contributed by atoms with Gasteiger partial charge in [0.2, 0.25) is 15.7 Å². The molecule has 214 valence electrons. The van der Waals surface area contributed by atoms with Crippen molar-refractivity contribution in [3.05, 3.63) is 52.6 Å². The van der Waals surface area contributed by atoms with Crippen molar-refractivity contribution < 1.29 is 35.9 Å². The Labute approximate surface area is 227 Å². The molecule has 0 aromatic heterocycles. The molecule has 2 saturated carbocycles. The van der Waals surface area contributed by atoms with Crippen molar-refractivity contribution in [2.45, 2.75) is 87.1 Å². The van der Waals surface area contributed by atoms with Crippen LogP contribution in [0.3, 0.4) is 0 Å². The fraction of sp³-hybridized carbons (Fsp3) is 0.621. The number of nitrogens with zero attached hydrogens (tertiary/aromatic N) is 1. The minimum atomic E-state index is -5.25. The number of allylic oxidation sites excluding steroid dienone is 4. The number of alkyl halides is 4. The van der Waals surface area contributed by atoms with Gasteiger partial charge in [-0.3, -0.25) is 4.79 Å². The molecule has 4 aliphatic carbocycles. The number of aliphatic hydroxyl groups is 1. The maximum atomic E-state index is 15.7. The lowest BCUT2D eigenvalue weighted by Gasteiger charge is -2.57. The van der Waals surface area contributed by atoms with Crippen LogP contribution in [0.15, 0.2) is 52.0 Å². The van der Waals surface area contributed by atoms with Crippen LogP contribution in [0.1, 0.15) is 70.3 Å². The van der Waals surface area contributed by atoms with Crippen LogP contribution >= 0.6 is 0 Å². The average molecular weight is 570 g/mol. The van der Waals surface area contributed by atoms with Gasteiger partial charge >= 0.3 is 6.18 Å². The highest BCUT2D eigenvalue weighted by atomic mass is 32.2. The van der Waals surface area contributed by atoms with Gasteiger partial charge in [0.05, 0.1) is 4.90 Å². The molecule has 0 heterocycles. The lowest BCUT2D eigenvalue weighted by Crippen LogP contribution is -2.65. The maximum Gasteiger partial charge on any atom is 0.425 e. The number of sulfonamides is 1. The summed E-state index contributed by atoms with van der Waals surface area (Å²) in [7, 11) is -0.836. The summed E-state index contributed by atoms with van der Waals surface area (Å²) in [4.78, 5) is 12.3. The van der Waals surface area contributed by atoms with E-state index >= 15 is 4.39 Å². The number of fused-ring (bicyclic) bond motifs is 4. The fourth-order valence-electron chi connectivity index (χ4n) is 8.05. The molecule has 2 fully saturated rings. The smallest absolute Gasteiger partial charge is 0.386 e. The van der Waals surface area contributed by atoms with Crippen LogP contribution < -0.4 is 0 Å². The molecule has 3 unspecified atom stereocenters. The molecule has 1 N–H and O–H groups in total. The summed E-state index contributed by atoms with van der Waals surface area (Å²) in [6, 6.07) is 6.32. The molecule has 4 aliphatic rings. The third-order valence-electron chi connectivity index (χ3n) is 10.3. The predicted octanol–water partition coefficient (Wildman–Crippen LogP) is 5.86. The van der Waals surface area contributed by atoms with Crippen molar-refractivity contribution in [3.8, 4) is 0 Å². The van der Waals surface area contributed by atoms with Gasteiger partial charge in [0, 0.05) is 31.8 Å². The number of hydrogen-bond donors (Lipinski definition) is 1. The van der Waals surface area contributed by atoms with E-state index in [-0.39, 0.29) is 41.8 Å². The van der Waals surface area contributed by atoms with Gasteiger partial charge in [-0.2, -0.15) is 13.2 Å². The fourth-order valence-corrected chi connectivity index (χ4v) is 8.95. The topological polar surface area (TPSA) is 74.7 Å². The van der Waals surface area contributed by atoms with Crippen molar-refractivity contribution >= 4 is 15.8 Å². The summed E-state index contributed by atoms with van der Waals surface area (Å²) >= 11 is 0. The van der Waals surface area contributed by atoms with E-state index in [0.29, 0.717) is 38.2 Å². The molecule has 0 amide bonds. The molecule has 10 heteroatoms. The highest BCUT2D eigenvalue weighted by Crippen LogP contribution is 2.70. The molecule has 1 aromatic carbocycles. The van der Waals surface area contributed by atoms with Crippen molar-refractivity contribution in [2.24, 2.45) is 17.3 Å². The Morgan fingerprint density at radius 3 is 2.26 bits per heavy atom. The Balaban J connectivity index is 1.68. The van der Waals surface area contributed by atoms with Crippen molar-refractivity contribution in [2.75, 3.05) is 14.1 Å². The van der Waals surface area contributed by atoms with E-state index in [9.17, 15) is 31.5 Å². The zero-order chi connectivity index (χ0) is 28.8. The Morgan fingerprint density at radius 1 is 1.03 bits per heavy atom. The third kappa shape index (κ3) is 3.99. The average Bonchev–Trinajstić information content (AvgIpc) is 3.14. The number of carbonyl (C=O) groups excluding carboxylic acids is 1. The Kier molecular flexibility index (Phi) is 6.56. The number of carbonyl (C=O) groups is 1. The summed E-state index contributed by atoms with van der Waals surface area (Å²) in [5, 5.41) is 11.7. The Hall–Kier alpha value is -2.04. The van der Waals surface area contributed by atoms with Gasteiger partial charge < -0.3 is 5.11 Å². The lowest BCUT2D eigenvalue weighted by molar-refractivity contribution is -0.306. The first-order chi connectivity index (χ1) is 18.0. The number of rotatable bonds is 4. The second-order valence-corrected chi connectivity index (χ2v) is 14.4. The first kappa shape index (κ1) is 28.5. The molecule has 0 bridgehead atoms. The summed E-state index contributed by atoms with van der Waals surface area (Å²) in [6.45, 7) is 2.06. The van der Waals surface area contributed by atoms with Crippen LogP contribution in [0.25, 0.3) is 0 Å². The molecule has 6 atom stereocenters. The van der Waals surface area contributed by atoms with Crippen LogP contribution in [0.2, 0.25) is 0 Å². The van der Waals surface area contributed by atoms with Gasteiger partial charge in [0.15, 0.2) is 5.78 Å². The van der Waals surface area contributed by atoms with Crippen LogP contribution in [-0.2, 0) is 14.8 Å². The number of halogens is 4. The van der Waals surface area contributed by atoms with Crippen LogP contribution in [0.4, 0.5) is 17.6 Å². The van der Waals surface area contributed by atoms with Crippen LogP contribution in [0.5, 0.6) is 0 Å². The lowest BCUT2D eigenvalue weighted by atomic mass is 9.49. The Morgan fingerprint density at radius 2 is 1.67 bits per heavy atom. The number of ketones is 1. The van der Waals surface area contributed by atoms with Crippen molar-refractivity contribution in [1.29, 1.82) is 0 Å². The normalized spacial score (nSPS) is 34.8. The summed E-state index contributed by atoms with van der Waals surface area (Å²) in [6.07, 6.45) is -1.41. The molecular weight excluding hydrogens is 534 g/mol. The van der Waals surface area contributed by atoms with Crippen molar-refractivity contribution in [3.63, 3.8) is 0 Å². The minimum Gasteiger partial charge on any atom is -0.386 e. The highest BCUT2D eigenvalue weighted by Gasteiger charge is 2.75. The second kappa shape index (κ2) is 8.98. The predicted molar refractivity (Wildman–Crippen MR) is 138 cm³/mol. The standard InChI is InChI=1S/C29H35F4NO4S/c1-26-16-23(17-5-9-20(10-6-17)39(37,38)34(3)4)25-21-12-8-19(35)15-18(21)7-11-22(25)24(26)13-14-28(26,36)27(2,30)29(31,32)33/h5-6,9-10,15,22-24,36H,7-8,11-14,16H2,1-4H3/t22?,23-,24?,26+,27?,28+/m1/s1. The van der Waals surface area contributed by atoms with Crippen molar-refractivity contribution in [1.82, 2.24) is 4.31 Å². The largest absolute Gasteiger partial charge is 0.425 e. The molecule has 39 heavy (non-hydrogen) atoms. The van der Waals surface area contributed by atoms with Gasteiger partial charge in [-0.15, -0.1) is 0 Å².